The summed E-state index contributed by atoms with van der Waals surface area (Å²) in [6, 6.07) is 10.1. The van der Waals surface area contributed by atoms with E-state index in [4.69, 9.17) is 25.8 Å². The number of fused-ring (bicyclic) bond motifs is 2. The van der Waals surface area contributed by atoms with Crippen molar-refractivity contribution < 1.29 is 32.2 Å². The Bertz CT molecular complexity index is 1240. The van der Waals surface area contributed by atoms with Gasteiger partial charge in [-0.3, -0.25) is 14.3 Å². The summed E-state index contributed by atoms with van der Waals surface area (Å²) in [5, 5.41) is 3.22. The molecule has 4 rings (SSSR count). The smallest absolute Gasteiger partial charge is 0.261 e. The van der Waals surface area contributed by atoms with Gasteiger partial charge in [0.1, 0.15) is 18.5 Å². The van der Waals surface area contributed by atoms with Crippen molar-refractivity contribution in [2.45, 2.75) is 42.4 Å². The van der Waals surface area contributed by atoms with Crippen LogP contribution in [0.4, 0.5) is 5.69 Å². The fraction of sp³-hybridized carbons (Fsp3) is 0.440. The predicted molar refractivity (Wildman–Crippen MR) is 137 cm³/mol. The molecular formula is C25H30ClN3O7S. The Kier molecular flexibility index (Phi) is 8.58. The highest BCUT2D eigenvalue weighted by Gasteiger charge is 2.39. The Morgan fingerprint density at radius 2 is 1.95 bits per heavy atom. The fourth-order valence-corrected chi connectivity index (χ4v) is 5.67. The van der Waals surface area contributed by atoms with Crippen molar-refractivity contribution in [3.05, 3.63) is 53.1 Å². The number of sulfonamides is 1. The highest BCUT2D eigenvalue weighted by Crippen LogP contribution is 2.33. The summed E-state index contributed by atoms with van der Waals surface area (Å²) in [7, 11) is -0.614. The lowest BCUT2D eigenvalue weighted by atomic mass is 9.94. The summed E-state index contributed by atoms with van der Waals surface area (Å²) in [6.07, 6.45) is 0.794. The highest BCUT2D eigenvalue weighted by molar-refractivity contribution is 7.92. The number of nitrogens with one attached hydrogen (secondary N) is 2. The predicted octanol–water partition coefficient (Wildman–Crippen LogP) is 2.67. The van der Waals surface area contributed by atoms with Gasteiger partial charge in [-0.15, -0.1) is 0 Å². The zero-order chi connectivity index (χ0) is 26.6. The topological polar surface area (TPSA) is 123 Å². The second kappa shape index (κ2) is 11.7. The van der Waals surface area contributed by atoms with Gasteiger partial charge in [0.15, 0.2) is 0 Å². The van der Waals surface area contributed by atoms with Crippen LogP contribution in [0.15, 0.2) is 47.4 Å². The SMILES string of the molecule is COCCNC(=O)C[C@@H]1CC[C@H]2[C@@H](COc3ccc(NS(=O)(=O)c4ccc(Cl)cc4)cc3C(=O)N2C)O1. The van der Waals surface area contributed by atoms with Gasteiger partial charge in [0.25, 0.3) is 15.9 Å². The minimum absolute atomic E-state index is 0.0486. The first-order chi connectivity index (χ1) is 17.7. The third-order valence-electron chi connectivity index (χ3n) is 6.43. The molecule has 0 aromatic heterocycles. The van der Waals surface area contributed by atoms with Gasteiger partial charge in [0.05, 0.1) is 35.6 Å². The van der Waals surface area contributed by atoms with Crippen molar-refractivity contribution in [3.63, 3.8) is 0 Å². The Morgan fingerprint density at radius 3 is 2.68 bits per heavy atom. The first kappa shape index (κ1) is 27.2. The zero-order valence-corrected chi connectivity index (χ0v) is 22.2. The number of halogens is 1. The minimum Gasteiger partial charge on any atom is -0.490 e. The van der Waals surface area contributed by atoms with Crippen LogP contribution in [0.1, 0.15) is 29.6 Å². The number of carbonyl (C=O) groups excluding carboxylic acids is 2. The number of amides is 2. The van der Waals surface area contributed by atoms with Crippen LogP contribution in [-0.2, 0) is 24.3 Å². The quantitative estimate of drug-likeness (QED) is 0.483. The normalized spacial score (nSPS) is 21.6. The van der Waals surface area contributed by atoms with Crippen molar-refractivity contribution in [1.82, 2.24) is 10.2 Å². The van der Waals surface area contributed by atoms with Gasteiger partial charge in [0, 0.05) is 31.4 Å². The number of rotatable bonds is 8. The molecule has 0 spiro atoms. The Morgan fingerprint density at radius 1 is 1.19 bits per heavy atom. The second-order valence-corrected chi connectivity index (χ2v) is 11.1. The van der Waals surface area contributed by atoms with Crippen LogP contribution in [0.25, 0.3) is 0 Å². The number of likely N-dealkylation sites (N-methyl/N-ethyl adjacent to an activating group) is 1. The number of benzene rings is 2. The number of ether oxygens (including phenoxy) is 3. The molecule has 0 bridgehead atoms. The molecule has 12 heteroatoms. The third-order valence-corrected chi connectivity index (χ3v) is 8.08. The zero-order valence-electron chi connectivity index (χ0n) is 20.6. The third kappa shape index (κ3) is 6.53. The summed E-state index contributed by atoms with van der Waals surface area (Å²) in [4.78, 5) is 27.2. The molecule has 0 aliphatic carbocycles. The minimum atomic E-state index is -3.88. The van der Waals surface area contributed by atoms with Crippen molar-refractivity contribution in [2.24, 2.45) is 0 Å². The molecule has 2 aliphatic heterocycles. The molecule has 2 aliphatic rings. The van der Waals surface area contributed by atoms with Crippen molar-refractivity contribution >= 4 is 39.1 Å². The highest BCUT2D eigenvalue weighted by atomic mass is 35.5. The van der Waals surface area contributed by atoms with Crippen LogP contribution >= 0.6 is 11.6 Å². The van der Waals surface area contributed by atoms with Crippen LogP contribution in [0.3, 0.4) is 0 Å². The van der Waals surface area contributed by atoms with E-state index in [1.54, 1.807) is 25.1 Å². The maximum absolute atomic E-state index is 13.4. The number of hydrogen-bond acceptors (Lipinski definition) is 7. The monoisotopic (exact) mass is 551 g/mol. The lowest BCUT2D eigenvalue weighted by molar-refractivity contribution is -0.134. The molecular weight excluding hydrogens is 522 g/mol. The van der Waals surface area contributed by atoms with Gasteiger partial charge in [-0.05, 0) is 55.3 Å². The first-order valence-electron chi connectivity index (χ1n) is 11.9. The van der Waals surface area contributed by atoms with Gasteiger partial charge in [-0.2, -0.15) is 0 Å². The number of methoxy groups -OCH3 is 1. The second-order valence-electron chi connectivity index (χ2n) is 8.99. The van der Waals surface area contributed by atoms with Gasteiger partial charge in [0.2, 0.25) is 5.91 Å². The van der Waals surface area contributed by atoms with E-state index in [1.807, 2.05) is 0 Å². The van der Waals surface area contributed by atoms with E-state index in [-0.39, 0.29) is 53.1 Å². The Labute approximate surface area is 221 Å². The summed E-state index contributed by atoms with van der Waals surface area (Å²) in [5.41, 5.74) is 0.479. The van der Waals surface area contributed by atoms with Crippen LogP contribution in [0.2, 0.25) is 5.02 Å². The summed E-state index contributed by atoms with van der Waals surface area (Å²) >= 11 is 5.86. The van der Waals surface area contributed by atoms with E-state index in [0.717, 1.165) is 0 Å². The van der Waals surface area contributed by atoms with Crippen molar-refractivity contribution in [3.8, 4) is 5.75 Å². The lowest BCUT2D eigenvalue weighted by Gasteiger charge is -2.42. The maximum atomic E-state index is 13.4. The number of hydrogen-bond donors (Lipinski definition) is 2. The average Bonchev–Trinajstić information content (AvgIpc) is 2.87. The van der Waals surface area contributed by atoms with E-state index in [9.17, 15) is 18.0 Å². The van der Waals surface area contributed by atoms with Crippen LogP contribution in [0, 0.1) is 0 Å². The molecule has 0 unspecified atom stereocenters. The van der Waals surface area contributed by atoms with Gasteiger partial charge >= 0.3 is 0 Å². The van der Waals surface area contributed by atoms with Gasteiger partial charge in [-0.1, -0.05) is 11.6 Å². The molecule has 2 aromatic carbocycles. The van der Waals surface area contributed by atoms with Crippen molar-refractivity contribution in [1.29, 1.82) is 0 Å². The Hall–Kier alpha value is -2.86. The average molecular weight is 552 g/mol. The molecule has 3 atom stereocenters. The Balaban J connectivity index is 1.47. The molecule has 0 radical (unpaired) electrons. The molecule has 0 saturated carbocycles. The van der Waals surface area contributed by atoms with Crippen LogP contribution in [0.5, 0.6) is 5.75 Å². The fourth-order valence-electron chi connectivity index (χ4n) is 4.49. The van der Waals surface area contributed by atoms with Crippen molar-refractivity contribution in [2.75, 3.05) is 38.6 Å². The number of carbonyl (C=O) groups is 2. The molecule has 2 heterocycles. The molecule has 1 fully saturated rings. The molecule has 2 aromatic rings. The number of nitrogens with zero attached hydrogens (tertiary/aromatic N) is 1. The van der Waals surface area contributed by atoms with Gasteiger partial charge < -0.3 is 24.4 Å². The largest absolute Gasteiger partial charge is 0.490 e. The lowest BCUT2D eigenvalue weighted by Crippen LogP contribution is -2.54. The number of anilines is 1. The van der Waals surface area contributed by atoms with Gasteiger partial charge in [-0.25, -0.2) is 8.42 Å². The molecule has 200 valence electrons. The summed E-state index contributed by atoms with van der Waals surface area (Å²) in [5.74, 6) is -0.0972. The van der Waals surface area contributed by atoms with E-state index in [1.165, 1.54) is 36.4 Å². The van der Waals surface area contributed by atoms with Crippen LogP contribution < -0.4 is 14.8 Å². The van der Waals surface area contributed by atoms with E-state index in [2.05, 4.69) is 10.0 Å². The first-order valence-corrected chi connectivity index (χ1v) is 13.8. The molecule has 2 amide bonds. The summed E-state index contributed by atoms with van der Waals surface area (Å²) in [6.45, 7) is 1.06. The molecule has 2 N–H and O–H groups in total. The molecule has 37 heavy (non-hydrogen) atoms. The molecule has 1 saturated heterocycles. The molecule has 10 nitrogen and oxygen atoms in total. The summed E-state index contributed by atoms with van der Waals surface area (Å²) < 4.78 is 45.1. The van der Waals surface area contributed by atoms with E-state index < -0.39 is 16.1 Å². The maximum Gasteiger partial charge on any atom is 0.261 e. The standard InChI is InChI=1S/C25H30ClN3O7S/c1-29-21-9-6-18(14-24(30)27-11-12-34-2)36-23(21)15-35-22-10-5-17(13-20(22)25(29)31)28-37(32,33)19-7-3-16(26)4-8-19/h3-5,7-8,10,13,18,21,23,28H,6,9,11-12,14-15H2,1-2H3,(H,27,30)/t18-,21-,23+/m0/s1. The van der Waals surface area contributed by atoms with Crippen LogP contribution in [-0.4, -0.2) is 77.3 Å². The van der Waals surface area contributed by atoms with E-state index >= 15 is 0 Å². The van der Waals surface area contributed by atoms with E-state index in [0.29, 0.717) is 36.8 Å².